The van der Waals surface area contributed by atoms with Crippen LogP contribution in [0.3, 0.4) is 0 Å². The zero-order chi connectivity index (χ0) is 37.1. The van der Waals surface area contributed by atoms with Crippen molar-refractivity contribution < 1.29 is 51.0 Å². The Balaban J connectivity index is 0.00000200. The van der Waals surface area contributed by atoms with Gasteiger partial charge in [-0.25, -0.2) is 0 Å². The van der Waals surface area contributed by atoms with Crippen molar-refractivity contribution in [2.24, 2.45) is 0 Å². The summed E-state index contributed by atoms with van der Waals surface area (Å²) >= 11 is 0. The molecule has 280 valence electrons. The Kier molecular flexibility index (Phi) is 12.8. The first-order valence-corrected chi connectivity index (χ1v) is 22.1. The third kappa shape index (κ3) is 7.88. The van der Waals surface area contributed by atoms with Crippen LogP contribution in [-0.4, -0.2) is 8.07 Å². The van der Waals surface area contributed by atoms with Gasteiger partial charge >= 0.3 is 26.2 Å². The van der Waals surface area contributed by atoms with Crippen LogP contribution in [0.5, 0.6) is 0 Å². The Morgan fingerprint density at radius 2 is 0.732 bits per heavy atom. The molecule has 0 bridgehead atoms. The second-order valence-electron chi connectivity index (χ2n) is 17.4. The average Bonchev–Trinajstić information content (AvgIpc) is 3.76. The van der Waals surface area contributed by atoms with E-state index in [1.54, 1.807) is 0 Å². The van der Waals surface area contributed by atoms with Crippen molar-refractivity contribution in [3.8, 4) is 44.5 Å². The molecule has 0 unspecified atom stereocenters. The quantitative estimate of drug-likeness (QED) is 0.120. The number of rotatable bonds is 6. The Morgan fingerprint density at radius 3 is 1.05 bits per heavy atom. The standard InChI is InChI=1S/C52H50Si.2ClH.Zr/c1-51(2,3)41-29-25-37(26-30-41)43-23-15-21-39-33-45(35-17-11-9-12-18-35)49(47(39)43)53(7,8)50-46(36-19-13-10-14-20-36)34-40-22-16-24-44(48(40)50)38-27-31-42(32-28-38)52(4,5)6;;;/h9-34H,1-8H3;2*1H;/q-2;;;+4/p-2. The predicted molar refractivity (Wildman–Crippen MR) is 235 cm³/mol. The van der Waals surface area contributed by atoms with Crippen LogP contribution < -0.4 is 35.2 Å². The molecular weight excluding hydrogens is 815 g/mol. The fraction of sp³-hybridized carbons (Fsp3) is 0.192. The monoisotopic (exact) mass is 862 g/mol. The Labute approximate surface area is 367 Å². The van der Waals surface area contributed by atoms with E-state index in [9.17, 15) is 0 Å². The van der Waals surface area contributed by atoms with E-state index in [4.69, 9.17) is 0 Å². The number of hydrogen-bond acceptors (Lipinski definition) is 0. The van der Waals surface area contributed by atoms with Gasteiger partial charge in [0, 0.05) is 8.07 Å². The van der Waals surface area contributed by atoms with Crippen LogP contribution in [0.25, 0.3) is 66.1 Å². The van der Waals surface area contributed by atoms with Crippen molar-refractivity contribution in [2.45, 2.75) is 65.5 Å². The number of fused-ring (bicyclic) bond motifs is 2. The van der Waals surface area contributed by atoms with Crippen molar-refractivity contribution in [1.82, 2.24) is 0 Å². The van der Waals surface area contributed by atoms with Crippen LogP contribution in [0.15, 0.2) is 158 Å². The van der Waals surface area contributed by atoms with Crippen molar-refractivity contribution >= 4 is 40.0 Å². The van der Waals surface area contributed by atoms with Crippen LogP contribution in [-0.2, 0) is 37.0 Å². The Hall–Kier alpha value is -3.78. The smallest absolute Gasteiger partial charge is 1.00 e. The van der Waals surface area contributed by atoms with Gasteiger partial charge in [-0.05, 0) is 33.1 Å². The second-order valence-corrected chi connectivity index (χ2v) is 21.7. The largest absolute Gasteiger partial charge is 4.00 e. The summed E-state index contributed by atoms with van der Waals surface area (Å²) in [6, 6.07) is 59.6. The summed E-state index contributed by atoms with van der Waals surface area (Å²) in [6.07, 6.45) is 0. The minimum atomic E-state index is -2.54. The molecule has 0 radical (unpaired) electrons. The van der Waals surface area contributed by atoms with E-state index in [0.717, 1.165) is 0 Å². The summed E-state index contributed by atoms with van der Waals surface area (Å²) in [7, 11) is -2.54. The molecule has 0 spiro atoms. The molecule has 0 aliphatic carbocycles. The number of halogens is 2. The fourth-order valence-corrected chi connectivity index (χ4v) is 12.4. The fourth-order valence-electron chi connectivity index (χ4n) is 8.56. The van der Waals surface area contributed by atoms with E-state index in [2.05, 4.69) is 212 Å². The number of hydrogen-bond donors (Lipinski definition) is 0. The van der Waals surface area contributed by atoms with E-state index in [0.29, 0.717) is 0 Å². The minimum Gasteiger partial charge on any atom is -1.00 e. The third-order valence-electron chi connectivity index (χ3n) is 11.4. The summed E-state index contributed by atoms with van der Waals surface area (Å²) in [5.74, 6) is 0. The molecule has 0 aromatic heterocycles. The maximum Gasteiger partial charge on any atom is 4.00 e. The van der Waals surface area contributed by atoms with Gasteiger partial charge in [0.2, 0.25) is 0 Å². The molecule has 0 saturated heterocycles. The van der Waals surface area contributed by atoms with Crippen LogP contribution in [0.2, 0.25) is 13.1 Å². The molecule has 0 saturated carbocycles. The van der Waals surface area contributed by atoms with E-state index in [1.807, 2.05) is 0 Å². The van der Waals surface area contributed by atoms with Crippen molar-refractivity contribution in [2.75, 3.05) is 0 Å². The first-order valence-electron chi connectivity index (χ1n) is 19.1. The van der Waals surface area contributed by atoms with Gasteiger partial charge in [-0.3, -0.25) is 0 Å². The van der Waals surface area contributed by atoms with Gasteiger partial charge in [-0.1, -0.05) is 210 Å². The summed E-state index contributed by atoms with van der Waals surface area (Å²) in [4.78, 5) is 0. The molecule has 4 heteroatoms. The SMILES string of the molecule is CC(C)(C)c1ccc(-c2cccc3[cH-]c(-c4ccccc4)c([Si](C)(C)c4c(-c5ccccc5)[cH-]c5cccc(-c6ccc(C(C)(C)C)cc6)c45)c23)cc1.[Cl-].[Cl-].[Zr+4]. The van der Waals surface area contributed by atoms with Gasteiger partial charge in [0.25, 0.3) is 0 Å². The Bertz CT molecular complexity index is 2380. The molecule has 0 heterocycles. The molecule has 0 atom stereocenters. The third-order valence-corrected chi connectivity index (χ3v) is 14.9. The van der Waals surface area contributed by atoms with Crippen molar-refractivity contribution in [3.63, 3.8) is 0 Å². The summed E-state index contributed by atoms with van der Waals surface area (Å²) in [6.45, 7) is 19.0. The molecule has 8 aromatic rings. The van der Waals surface area contributed by atoms with Gasteiger partial charge in [0.05, 0.1) is 0 Å². The van der Waals surface area contributed by atoms with Gasteiger partial charge in [0.1, 0.15) is 0 Å². The molecule has 0 aliphatic rings. The van der Waals surface area contributed by atoms with E-state index >= 15 is 0 Å². The van der Waals surface area contributed by atoms with Crippen molar-refractivity contribution in [1.29, 1.82) is 0 Å². The summed E-state index contributed by atoms with van der Waals surface area (Å²) in [5, 5.41) is 8.44. The molecule has 8 rings (SSSR count). The molecule has 8 aromatic carbocycles. The normalized spacial score (nSPS) is 11.9. The molecule has 0 amide bonds. The van der Waals surface area contributed by atoms with Crippen LogP contribution in [0.1, 0.15) is 52.7 Å². The molecule has 0 aliphatic heterocycles. The zero-order valence-electron chi connectivity index (χ0n) is 33.8. The average molecular weight is 865 g/mol. The van der Waals surface area contributed by atoms with E-state index in [1.165, 1.54) is 87.6 Å². The summed E-state index contributed by atoms with van der Waals surface area (Å²) < 4.78 is 0. The maximum absolute atomic E-state index is 2.61. The molecule has 0 N–H and O–H groups in total. The van der Waals surface area contributed by atoms with E-state index in [-0.39, 0.29) is 61.8 Å². The van der Waals surface area contributed by atoms with E-state index < -0.39 is 8.07 Å². The summed E-state index contributed by atoms with van der Waals surface area (Å²) in [5.41, 5.74) is 13.4. The van der Waals surface area contributed by atoms with Gasteiger partial charge < -0.3 is 24.8 Å². The predicted octanol–water partition coefficient (Wildman–Crippen LogP) is 7.52. The minimum absolute atomic E-state index is 0. The van der Waals surface area contributed by atoms with Gasteiger partial charge in [-0.2, -0.15) is 0 Å². The zero-order valence-corrected chi connectivity index (χ0v) is 38.7. The topological polar surface area (TPSA) is 0 Å². The Morgan fingerprint density at radius 1 is 0.393 bits per heavy atom. The molecule has 0 nitrogen and oxygen atoms in total. The van der Waals surface area contributed by atoms with Crippen LogP contribution in [0.4, 0.5) is 0 Å². The van der Waals surface area contributed by atoms with Gasteiger partial charge in [-0.15, -0.1) is 67.3 Å². The first kappa shape index (κ1) is 43.3. The second kappa shape index (κ2) is 16.6. The number of benzene rings is 6. The van der Waals surface area contributed by atoms with Crippen LogP contribution in [0, 0.1) is 0 Å². The maximum atomic E-state index is 2.61. The van der Waals surface area contributed by atoms with Crippen molar-refractivity contribution in [3.05, 3.63) is 169 Å². The molecule has 56 heavy (non-hydrogen) atoms. The molecule has 0 fully saturated rings. The first-order chi connectivity index (χ1) is 25.3. The molecular formula is C52H50Cl2SiZr. The van der Waals surface area contributed by atoms with Crippen LogP contribution >= 0.6 is 0 Å². The van der Waals surface area contributed by atoms with Gasteiger partial charge in [0.15, 0.2) is 0 Å².